The quantitative estimate of drug-likeness (QED) is 0.825. The molecule has 1 saturated heterocycles. The van der Waals surface area contributed by atoms with E-state index in [1.165, 1.54) is 0 Å². The van der Waals surface area contributed by atoms with Crippen molar-refractivity contribution in [1.82, 2.24) is 15.2 Å². The predicted molar refractivity (Wildman–Crippen MR) is 102 cm³/mol. The van der Waals surface area contributed by atoms with Gasteiger partial charge in [0.05, 0.1) is 16.6 Å². The predicted octanol–water partition coefficient (Wildman–Crippen LogP) is 3.13. The number of nitrogens with zero attached hydrogens (tertiary/aromatic N) is 2. The molecule has 2 aliphatic rings. The molecule has 0 bridgehead atoms. The molecule has 1 unspecified atom stereocenters. The van der Waals surface area contributed by atoms with Crippen molar-refractivity contribution in [1.29, 1.82) is 0 Å². The summed E-state index contributed by atoms with van der Waals surface area (Å²) in [6.45, 7) is 1.12. The fourth-order valence-corrected chi connectivity index (χ4v) is 4.20. The second-order valence-corrected chi connectivity index (χ2v) is 8.23. The van der Waals surface area contributed by atoms with Gasteiger partial charge in [-0.15, -0.1) is 11.3 Å². The summed E-state index contributed by atoms with van der Waals surface area (Å²) >= 11 is 7.50. The van der Waals surface area contributed by atoms with E-state index >= 15 is 0 Å². The Labute approximate surface area is 161 Å². The van der Waals surface area contributed by atoms with E-state index in [1.54, 1.807) is 11.3 Å². The maximum atomic E-state index is 12.3. The number of carbonyl (C=O) groups excluding carboxylic acids is 2. The molecular weight excluding hydrogens is 370 g/mol. The molecule has 1 aliphatic heterocycles. The van der Waals surface area contributed by atoms with Gasteiger partial charge in [0.25, 0.3) is 0 Å². The number of thiazole rings is 1. The van der Waals surface area contributed by atoms with Gasteiger partial charge in [0, 0.05) is 47.9 Å². The highest BCUT2D eigenvalue weighted by Gasteiger charge is 2.41. The molecule has 2 heterocycles. The number of likely N-dealkylation sites (tertiary alicyclic amines) is 1. The van der Waals surface area contributed by atoms with Crippen LogP contribution < -0.4 is 5.32 Å². The molecule has 1 saturated carbocycles. The number of benzene rings is 1. The lowest BCUT2D eigenvalue weighted by atomic mass is 10.1. The van der Waals surface area contributed by atoms with Crippen molar-refractivity contribution in [2.75, 3.05) is 13.1 Å². The zero-order valence-corrected chi connectivity index (χ0v) is 15.9. The highest BCUT2D eigenvalue weighted by atomic mass is 35.5. The fourth-order valence-electron chi connectivity index (χ4n) is 3.26. The number of nitrogens with one attached hydrogen (secondary N) is 1. The molecule has 2 amide bonds. The molecule has 2 fully saturated rings. The van der Waals surface area contributed by atoms with Crippen molar-refractivity contribution in [3.63, 3.8) is 0 Å². The molecule has 1 aromatic carbocycles. The maximum absolute atomic E-state index is 12.3. The number of carbonyl (C=O) groups is 2. The lowest BCUT2D eigenvalue weighted by Crippen LogP contribution is -2.34. The third-order valence-electron chi connectivity index (χ3n) is 4.85. The van der Waals surface area contributed by atoms with Crippen molar-refractivity contribution in [2.45, 2.75) is 31.7 Å². The van der Waals surface area contributed by atoms with E-state index in [4.69, 9.17) is 11.6 Å². The first-order valence-corrected chi connectivity index (χ1v) is 10.1. The number of rotatable bonds is 6. The Hall–Kier alpha value is -1.92. The van der Waals surface area contributed by atoms with Gasteiger partial charge in [0.2, 0.25) is 11.8 Å². The molecule has 26 heavy (non-hydrogen) atoms. The summed E-state index contributed by atoms with van der Waals surface area (Å²) in [7, 11) is 0. The molecular formula is C19H20ClN3O2S. The third kappa shape index (κ3) is 3.91. The highest BCUT2D eigenvalue weighted by molar-refractivity contribution is 7.09. The van der Waals surface area contributed by atoms with Crippen LogP contribution in [0.2, 0.25) is 5.02 Å². The van der Waals surface area contributed by atoms with Crippen LogP contribution in [0.1, 0.15) is 24.3 Å². The molecule has 136 valence electrons. The Morgan fingerprint density at radius 2 is 2.08 bits per heavy atom. The minimum atomic E-state index is -0.205. The van der Waals surface area contributed by atoms with Crippen LogP contribution in [-0.2, 0) is 16.0 Å². The van der Waals surface area contributed by atoms with Crippen LogP contribution in [0.4, 0.5) is 0 Å². The second-order valence-electron chi connectivity index (χ2n) is 6.85. The topological polar surface area (TPSA) is 62.3 Å². The molecule has 1 aromatic heterocycles. The van der Waals surface area contributed by atoms with Gasteiger partial charge in [-0.2, -0.15) is 0 Å². The maximum Gasteiger partial charge on any atom is 0.225 e. The number of hydrogen-bond donors (Lipinski definition) is 1. The van der Waals surface area contributed by atoms with E-state index in [9.17, 15) is 9.59 Å². The van der Waals surface area contributed by atoms with Gasteiger partial charge in [0.1, 0.15) is 0 Å². The van der Waals surface area contributed by atoms with Gasteiger partial charge in [-0.05, 0) is 25.0 Å². The van der Waals surface area contributed by atoms with Crippen LogP contribution in [0.25, 0.3) is 11.3 Å². The zero-order chi connectivity index (χ0) is 18.1. The Morgan fingerprint density at radius 1 is 1.31 bits per heavy atom. The van der Waals surface area contributed by atoms with E-state index in [-0.39, 0.29) is 17.7 Å². The largest absolute Gasteiger partial charge is 0.355 e. The smallest absolute Gasteiger partial charge is 0.225 e. The second kappa shape index (κ2) is 7.37. The Balaban J connectivity index is 1.26. The first-order valence-electron chi connectivity index (χ1n) is 8.87. The SMILES string of the molecule is O=C(NCCc1nc(-c2ccc(Cl)cc2)cs1)C1CC(=O)N(C2CC2)C1. The van der Waals surface area contributed by atoms with E-state index in [0.717, 1.165) is 29.1 Å². The summed E-state index contributed by atoms with van der Waals surface area (Å²) in [4.78, 5) is 30.8. The number of hydrogen-bond acceptors (Lipinski definition) is 4. The van der Waals surface area contributed by atoms with Gasteiger partial charge in [-0.1, -0.05) is 23.7 Å². The molecule has 7 heteroatoms. The Bertz CT molecular complexity index is 816. The molecule has 1 atom stereocenters. The van der Waals surface area contributed by atoms with Crippen LogP contribution in [0, 0.1) is 5.92 Å². The molecule has 0 radical (unpaired) electrons. The van der Waals surface area contributed by atoms with E-state index < -0.39 is 0 Å². The summed E-state index contributed by atoms with van der Waals surface area (Å²) in [5.74, 6) is -0.0971. The first kappa shape index (κ1) is 17.5. The van der Waals surface area contributed by atoms with Gasteiger partial charge in [0.15, 0.2) is 0 Å². The summed E-state index contributed by atoms with van der Waals surface area (Å²) < 4.78 is 0. The van der Waals surface area contributed by atoms with Crippen LogP contribution in [0.3, 0.4) is 0 Å². The zero-order valence-electron chi connectivity index (χ0n) is 14.3. The van der Waals surface area contributed by atoms with Crippen LogP contribution in [0.5, 0.6) is 0 Å². The van der Waals surface area contributed by atoms with Crippen LogP contribution in [0.15, 0.2) is 29.6 Å². The monoisotopic (exact) mass is 389 g/mol. The van der Waals surface area contributed by atoms with Crippen molar-refractivity contribution in [3.8, 4) is 11.3 Å². The van der Waals surface area contributed by atoms with Gasteiger partial charge >= 0.3 is 0 Å². The van der Waals surface area contributed by atoms with Gasteiger partial charge in [-0.3, -0.25) is 9.59 Å². The van der Waals surface area contributed by atoms with Crippen molar-refractivity contribution in [2.24, 2.45) is 5.92 Å². The molecule has 1 aliphatic carbocycles. The third-order valence-corrected chi connectivity index (χ3v) is 6.01. The van der Waals surface area contributed by atoms with Gasteiger partial charge < -0.3 is 10.2 Å². The molecule has 2 aromatic rings. The lowest BCUT2D eigenvalue weighted by Gasteiger charge is -2.15. The molecule has 0 spiro atoms. The Morgan fingerprint density at radius 3 is 2.81 bits per heavy atom. The number of amides is 2. The van der Waals surface area contributed by atoms with Crippen LogP contribution >= 0.6 is 22.9 Å². The summed E-state index contributed by atoms with van der Waals surface area (Å²) in [5, 5.41) is 6.67. The summed E-state index contributed by atoms with van der Waals surface area (Å²) in [6.07, 6.45) is 3.21. The molecule has 5 nitrogen and oxygen atoms in total. The number of aromatic nitrogens is 1. The van der Waals surface area contributed by atoms with Gasteiger partial charge in [-0.25, -0.2) is 4.98 Å². The van der Waals surface area contributed by atoms with E-state index in [0.29, 0.717) is 37.0 Å². The Kier molecular flexibility index (Phi) is 4.96. The standard InChI is InChI=1S/C19H20ClN3O2S/c20-14-3-1-12(2-4-14)16-11-26-17(22-16)7-8-21-19(25)13-9-18(24)23(10-13)15-5-6-15/h1-4,11,13,15H,5-10H2,(H,21,25). The molecule has 1 N–H and O–H groups in total. The van der Waals surface area contributed by atoms with Crippen molar-refractivity contribution < 1.29 is 9.59 Å². The number of halogens is 1. The van der Waals surface area contributed by atoms with E-state index in [1.807, 2.05) is 34.5 Å². The molecule has 4 rings (SSSR count). The minimum Gasteiger partial charge on any atom is -0.355 e. The summed E-state index contributed by atoms with van der Waals surface area (Å²) in [6, 6.07) is 7.99. The summed E-state index contributed by atoms with van der Waals surface area (Å²) in [5.41, 5.74) is 1.96. The van der Waals surface area contributed by atoms with E-state index in [2.05, 4.69) is 10.3 Å². The lowest BCUT2D eigenvalue weighted by molar-refractivity contribution is -0.129. The van der Waals surface area contributed by atoms with Crippen molar-refractivity contribution in [3.05, 3.63) is 39.7 Å². The normalized spacial score (nSPS) is 19.8. The minimum absolute atomic E-state index is 0.0176. The highest BCUT2D eigenvalue weighted by Crippen LogP contribution is 2.32. The fraction of sp³-hybridized carbons (Fsp3) is 0.421. The van der Waals surface area contributed by atoms with Crippen LogP contribution in [-0.4, -0.2) is 40.8 Å². The average Bonchev–Trinajstić information content (AvgIpc) is 3.23. The first-order chi connectivity index (χ1) is 12.6. The average molecular weight is 390 g/mol. The van der Waals surface area contributed by atoms with Crippen molar-refractivity contribution >= 4 is 34.8 Å².